The van der Waals surface area contributed by atoms with Crippen LogP contribution in [0, 0.1) is 0 Å². The minimum Gasteiger partial charge on any atom is -0.314 e. The summed E-state index contributed by atoms with van der Waals surface area (Å²) < 4.78 is 22.5. The second-order valence-corrected chi connectivity index (χ2v) is 6.19. The minimum absolute atomic E-state index is 0.0811. The van der Waals surface area contributed by atoms with Gasteiger partial charge in [-0.15, -0.1) is 0 Å². The van der Waals surface area contributed by atoms with Crippen LogP contribution in [0.15, 0.2) is 0 Å². The molecule has 0 atom stereocenters. The van der Waals surface area contributed by atoms with E-state index in [-0.39, 0.29) is 5.25 Å². The largest absolute Gasteiger partial charge is 0.314 e. The highest BCUT2D eigenvalue weighted by molar-refractivity contribution is 7.91. The molecule has 1 aliphatic rings. The predicted octanol–water partition coefficient (Wildman–Crippen LogP) is 0.952. The van der Waals surface area contributed by atoms with Gasteiger partial charge in [0, 0.05) is 12.3 Å². The zero-order valence-corrected chi connectivity index (χ0v) is 9.23. The maximum Gasteiger partial charge on any atom is 0.150 e. The lowest BCUT2D eigenvalue weighted by Crippen LogP contribution is -2.36. The number of rotatable bonds is 3. The summed E-state index contributed by atoms with van der Waals surface area (Å²) in [5.41, 5.74) is 0. The SMILES string of the molecule is CCNC1CCC(S(C)(=O)=O)CC1. The summed E-state index contributed by atoms with van der Waals surface area (Å²) in [6.45, 7) is 3.07. The van der Waals surface area contributed by atoms with Crippen LogP contribution < -0.4 is 5.32 Å². The van der Waals surface area contributed by atoms with Gasteiger partial charge in [-0.3, -0.25) is 0 Å². The maximum absolute atomic E-state index is 11.2. The summed E-state index contributed by atoms with van der Waals surface area (Å²) in [6, 6.07) is 0.544. The minimum atomic E-state index is -2.79. The van der Waals surface area contributed by atoms with Crippen molar-refractivity contribution >= 4 is 9.84 Å². The molecule has 3 nitrogen and oxygen atoms in total. The molecular formula is C9H19NO2S. The van der Waals surface area contributed by atoms with Gasteiger partial charge in [-0.05, 0) is 32.2 Å². The van der Waals surface area contributed by atoms with Crippen LogP contribution >= 0.6 is 0 Å². The Kier molecular flexibility index (Phi) is 3.74. The van der Waals surface area contributed by atoms with Crippen molar-refractivity contribution in [1.29, 1.82) is 0 Å². The molecule has 0 unspecified atom stereocenters. The topological polar surface area (TPSA) is 46.2 Å². The van der Waals surface area contributed by atoms with Crippen LogP contribution in [0.3, 0.4) is 0 Å². The van der Waals surface area contributed by atoms with Gasteiger partial charge in [0.1, 0.15) is 9.84 Å². The molecule has 0 saturated heterocycles. The van der Waals surface area contributed by atoms with E-state index in [1.165, 1.54) is 6.26 Å². The molecule has 0 aromatic rings. The van der Waals surface area contributed by atoms with E-state index in [9.17, 15) is 8.42 Å². The molecule has 0 spiro atoms. The fraction of sp³-hybridized carbons (Fsp3) is 1.00. The monoisotopic (exact) mass is 205 g/mol. The Balaban J connectivity index is 2.39. The summed E-state index contributed by atoms with van der Waals surface area (Å²) in [6.07, 6.45) is 5.02. The van der Waals surface area contributed by atoms with Gasteiger partial charge in [-0.2, -0.15) is 0 Å². The average molecular weight is 205 g/mol. The molecule has 13 heavy (non-hydrogen) atoms. The van der Waals surface area contributed by atoms with E-state index >= 15 is 0 Å². The van der Waals surface area contributed by atoms with Gasteiger partial charge in [0.2, 0.25) is 0 Å². The van der Waals surface area contributed by atoms with Crippen molar-refractivity contribution in [1.82, 2.24) is 5.32 Å². The van der Waals surface area contributed by atoms with Gasteiger partial charge in [0.25, 0.3) is 0 Å². The molecule has 1 rings (SSSR count). The van der Waals surface area contributed by atoms with Crippen LogP contribution in [0.25, 0.3) is 0 Å². The zero-order chi connectivity index (χ0) is 9.90. The Hall–Kier alpha value is -0.0900. The molecule has 1 saturated carbocycles. The zero-order valence-electron chi connectivity index (χ0n) is 8.41. The molecule has 0 radical (unpaired) electrons. The molecule has 78 valence electrons. The molecule has 1 aliphatic carbocycles. The quantitative estimate of drug-likeness (QED) is 0.746. The second-order valence-electron chi connectivity index (χ2n) is 3.86. The van der Waals surface area contributed by atoms with E-state index in [2.05, 4.69) is 12.2 Å². The lowest BCUT2D eigenvalue weighted by atomic mass is 9.95. The molecule has 1 N–H and O–H groups in total. The normalized spacial score (nSPS) is 30.3. The molecule has 1 fully saturated rings. The molecule has 0 amide bonds. The Morgan fingerprint density at radius 3 is 2.15 bits per heavy atom. The second kappa shape index (κ2) is 4.42. The number of hydrogen-bond acceptors (Lipinski definition) is 3. The van der Waals surface area contributed by atoms with E-state index in [0.29, 0.717) is 6.04 Å². The summed E-state index contributed by atoms with van der Waals surface area (Å²) in [7, 11) is -2.79. The van der Waals surface area contributed by atoms with E-state index in [1.807, 2.05) is 0 Å². The number of hydrogen-bond donors (Lipinski definition) is 1. The first-order chi connectivity index (χ1) is 6.04. The van der Waals surface area contributed by atoms with Gasteiger partial charge < -0.3 is 5.32 Å². The Morgan fingerprint density at radius 2 is 1.77 bits per heavy atom. The highest BCUT2D eigenvalue weighted by atomic mass is 32.2. The van der Waals surface area contributed by atoms with Crippen LogP contribution in [0.2, 0.25) is 0 Å². The van der Waals surface area contributed by atoms with E-state index in [4.69, 9.17) is 0 Å². The van der Waals surface area contributed by atoms with Crippen LogP contribution in [-0.4, -0.2) is 32.5 Å². The standard InChI is InChI=1S/C9H19NO2S/c1-3-10-8-4-6-9(7-5-8)13(2,11)12/h8-10H,3-7H2,1-2H3. The first kappa shape index (κ1) is 11.0. The Morgan fingerprint density at radius 1 is 1.23 bits per heavy atom. The highest BCUT2D eigenvalue weighted by Crippen LogP contribution is 2.23. The Bertz CT molecular complexity index is 240. The molecule has 0 aromatic carbocycles. The van der Waals surface area contributed by atoms with Gasteiger partial charge in [-0.25, -0.2) is 8.42 Å². The smallest absolute Gasteiger partial charge is 0.150 e. The van der Waals surface area contributed by atoms with E-state index in [0.717, 1.165) is 32.2 Å². The third-order valence-electron chi connectivity index (χ3n) is 2.77. The molecular weight excluding hydrogens is 186 g/mol. The summed E-state index contributed by atoms with van der Waals surface area (Å²) in [5, 5.41) is 3.28. The maximum atomic E-state index is 11.2. The van der Waals surface area contributed by atoms with Crippen molar-refractivity contribution in [2.45, 2.75) is 43.9 Å². The Labute approximate surface area is 80.8 Å². The lowest BCUT2D eigenvalue weighted by molar-refractivity contribution is 0.378. The fourth-order valence-electron chi connectivity index (χ4n) is 1.98. The van der Waals surface area contributed by atoms with Crippen molar-refractivity contribution in [3.8, 4) is 0 Å². The molecule has 0 aromatic heterocycles. The molecule has 0 bridgehead atoms. The molecule has 0 heterocycles. The fourth-order valence-corrected chi connectivity index (χ4v) is 3.11. The van der Waals surface area contributed by atoms with Gasteiger partial charge in [0.05, 0.1) is 5.25 Å². The van der Waals surface area contributed by atoms with Crippen LogP contribution in [-0.2, 0) is 9.84 Å². The summed E-state index contributed by atoms with van der Waals surface area (Å²) in [4.78, 5) is 0. The van der Waals surface area contributed by atoms with Crippen LogP contribution in [0.5, 0.6) is 0 Å². The predicted molar refractivity (Wildman–Crippen MR) is 54.6 cm³/mol. The molecule has 4 heteroatoms. The number of sulfone groups is 1. The van der Waals surface area contributed by atoms with Gasteiger partial charge >= 0.3 is 0 Å². The van der Waals surface area contributed by atoms with Crippen molar-refractivity contribution in [3.63, 3.8) is 0 Å². The van der Waals surface area contributed by atoms with Crippen molar-refractivity contribution < 1.29 is 8.42 Å². The first-order valence-corrected chi connectivity index (χ1v) is 6.91. The summed E-state index contributed by atoms with van der Waals surface area (Å²) in [5.74, 6) is 0. The third kappa shape index (κ3) is 3.27. The van der Waals surface area contributed by atoms with Crippen molar-refractivity contribution in [3.05, 3.63) is 0 Å². The van der Waals surface area contributed by atoms with Crippen LogP contribution in [0.4, 0.5) is 0 Å². The van der Waals surface area contributed by atoms with Crippen molar-refractivity contribution in [2.75, 3.05) is 12.8 Å². The average Bonchev–Trinajstić information content (AvgIpc) is 2.04. The third-order valence-corrected chi connectivity index (χ3v) is 4.45. The lowest BCUT2D eigenvalue weighted by Gasteiger charge is -2.27. The van der Waals surface area contributed by atoms with Crippen LogP contribution in [0.1, 0.15) is 32.6 Å². The summed E-state index contributed by atoms with van der Waals surface area (Å²) >= 11 is 0. The van der Waals surface area contributed by atoms with E-state index in [1.54, 1.807) is 0 Å². The first-order valence-electron chi connectivity index (χ1n) is 4.96. The van der Waals surface area contributed by atoms with Gasteiger partial charge in [0.15, 0.2) is 0 Å². The highest BCUT2D eigenvalue weighted by Gasteiger charge is 2.26. The molecule has 0 aliphatic heterocycles. The number of nitrogens with one attached hydrogen (secondary N) is 1. The van der Waals surface area contributed by atoms with E-state index < -0.39 is 9.84 Å². The van der Waals surface area contributed by atoms with Crippen molar-refractivity contribution in [2.24, 2.45) is 0 Å². The van der Waals surface area contributed by atoms with Gasteiger partial charge in [-0.1, -0.05) is 6.92 Å².